The Bertz CT molecular complexity index is 1340. The van der Waals surface area contributed by atoms with Gasteiger partial charge >= 0.3 is 6.18 Å². The third kappa shape index (κ3) is 10.1. The lowest BCUT2D eigenvalue weighted by Gasteiger charge is -2.20. The van der Waals surface area contributed by atoms with Crippen LogP contribution in [0.25, 0.3) is 11.3 Å². The van der Waals surface area contributed by atoms with Crippen LogP contribution < -0.4 is 15.4 Å². The number of aryl methyl sites for hydroxylation is 2. The van der Waals surface area contributed by atoms with Crippen LogP contribution in [0, 0.1) is 6.92 Å². The number of aromatic nitrogens is 2. The van der Waals surface area contributed by atoms with Gasteiger partial charge in [0.1, 0.15) is 11.6 Å². The van der Waals surface area contributed by atoms with E-state index in [4.69, 9.17) is 9.72 Å². The first kappa shape index (κ1) is 35.3. The number of aliphatic hydroxyl groups is 1. The minimum Gasteiger partial charge on any atom is -0.481 e. The summed E-state index contributed by atoms with van der Waals surface area (Å²) in [6.45, 7) is 12.4. The Kier molecular flexibility index (Phi) is 13.2. The van der Waals surface area contributed by atoms with Crippen LogP contribution in [0.4, 0.5) is 13.2 Å². The van der Waals surface area contributed by atoms with E-state index in [1.807, 2.05) is 62.7 Å². The van der Waals surface area contributed by atoms with Crippen LogP contribution in [-0.4, -0.2) is 51.4 Å². The predicted molar refractivity (Wildman–Crippen MR) is 161 cm³/mol. The molecule has 43 heavy (non-hydrogen) atoms. The number of carbonyl (C=O) groups excluding carboxylic acids is 2. The van der Waals surface area contributed by atoms with E-state index in [1.165, 1.54) is 25.1 Å². The van der Waals surface area contributed by atoms with Gasteiger partial charge < -0.3 is 25.0 Å². The number of aliphatic hydroxyl groups excluding tert-OH is 1. The van der Waals surface area contributed by atoms with Crippen molar-refractivity contribution in [2.45, 2.75) is 92.2 Å². The number of halogens is 3. The summed E-state index contributed by atoms with van der Waals surface area (Å²) in [4.78, 5) is 29.2. The standard InChI is InChI=1S/C30H37F3N4O4.C2H6/c1-6-37-17-26(36-28(37)19(3)34-21(5)39)23-9-7-22(8-10-23)16-25(13-14-38)35-29(40)24-11-12-27(18(2)15-24)41-20(4)30(31,32)33;1-2/h7-12,15,17,19-20,25,38H,6,13-14,16H2,1-5H3,(H,34,39)(H,35,40);1-2H3/t19-,20?,25-;/m1./s1. The molecule has 1 unspecified atom stereocenters. The third-order valence-corrected chi connectivity index (χ3v) is 6.70. The second-order valence-electron chi connectivity index (χ2n) is 10.1. The molecule has 0 spiro atoms. The van der Waals surface area contributed by atoms with Crippen molar-refractivity contribution in [2.75, 3.05) is 6.61 Å². The monoisotopic (exact) mass is 604 g/mol. The Morgan fingerprint density at radius 3 is 2.26 bits per heavy atom. The molecule has 3 atom stereocenters. The van der Waals surface area contributed by atoms with Crippen LogP contribution in [-0.2, 0) is 17.8 Å². The van der Waals surface area contributed by atoms with E-state index in [0.717, 1.165) is 29.6 Å². The number of rotatable bonds is 12. The second-order valence-corrected chi connectivity index (χ2v) is 10.1. The molecule has 0 saturated carbocycles. The topological polar surface area (TPSA) is 105 Å². The van der Waals surface area contributed by atoms with Gasteiger partial charge in [0.15, 0.2) is 6.10 Å². The molecule has 0 aliphatic carbocycles. The minimum atomic E-state index is -4.50. The number of imidazole rings is 1. The second kappa shape index (κ2) is 16.1. The van der Waals surface area contributed by atoms with E-state index >= 15 is 0 Å². The maximum atomic E-state index is 12.9. The molecule has 2 aromatic carbocycles. The molecule has 11 heteroatoms. The van der Waals surface area contributed by atoms with E-state index < -0.39 is 18.2 Å². The van der Waals surface area contributed by atoms with Crippen LogP contribution in [0.1, 0.15) is 81.3 Å². The number of ether oxygens (including phenoxy) is 1. The van der Waals surface area contributed by atoms with Crippen LogP contribution in [0.3, 0.4) is 0 Å². The lowest BCUT2D eigenvalue weighted by Crippen LogP contribution is -2.37. The van der Waals surface area contributed by atoms with Gasteiger partial charge in [0.2, 0.25) is 5.91 Å². The molecular weight excluding hydrogens is 561 g/mol. The summed E-state index contributed by atoms with van der Waals surface area (Å²) in [5.74, 6) is 0.288. The molecule has 3 rings (SSSR count). The van der Waals surface area contributed by atoms with Gasteiger partial charge in [0.05, 0.1) is 11.7 Å². The lowest BCUT2D eigenvalue weighted by atomic mass is 10.0. The highest BCUT2D eigenvalue weighted by Gasteiger charge is 2.38. The van der Waals surface area contributed by atoms with Crippen molar-refractivity contribution in [2.24, 2.45) is 0 Å². The van der Waals surface area contributed by atoms with Crippen LogP contribution in [0.15, 0.2) is 48.7 Å². The number of carbonyl (C=O) groups is 2. The van der Waals surface area contributed by atoms with Gasteiger partial charge in [-0.25, -0.2) is 4.98 Å². The minimum absolute atomic E-state index is 0.0545. The highest BCUT2D eigenvalue weighted by molar-refractivity contribution is 5.94. The maximum Gasteiger partial charge on any atom is 0.425 e. The summed E-state index contributed by atoms with van der Waals surface area (Å²) in [7, 11) is 0. The summed E-state index contributed by atoms with van der Waals surface area (Å²) in [5.41, 5.74) is 3.30. The Balaban J connectivity index is 0.00000316. The third-order valence-electron chi connectivity index (χ3n) is 6.70. The molecule has 236 valence electrons. The Morgan fingerprint density at radius 1 is 1.07 bits per heavy atom. The fourth-order valence-corrected chi connectivity index (χ4v) is 4.46. The van der Waals surface area contributed by atoms with Crippen LogP contribution in [0.2, 0.25) is 0 Å². The van der Waals surface area contributed by atoms with Crippen LogP contribution in [0.5, 0.6) is 5.75 Å². The first-order valence-corrected chi connectivity index (χ1v) is 14.5. The van der Waals surface area contributed by atoms with E-state index in [9.17, 15) is 27.9 Å². The van der Waals surface area contributed by atoms with Gasteiger partial charge in [-0.3, -0.25) is 9.59 Å². The summed E-state index contributed by atoms with van der Waals surface area (Å²) < 4.78 is 45.6. The zero-order valence-corrected chi connectivity index (χ0v) is 25.9. The first-order chi connectivity index (χ1) is 20.3. The van der Waals surface area contributed by atoms with Crippen molar-refractivity contribution in [3.63, 3.8) is 0 Å². The smallest absolute Gasteiger partial charge is 0.425 e. The van der Waals surface area contributed by atoms with Gasteiger partial charge in [-0.15, -0.1) is 0 Å². The molecule has 0 saturated heterocycles. The van der Waals surface area contributed by atoms with Gasteiger partial charge in [0, 0.05) is 43.4 Å². The molecule has 1 heterocycles. The average Bonchev–Trinajstić information content (AvgIpc) is 3.39. The molecule has 0 aliphatic rings. The molecule has 0 aliphatic heterocycles. The van der Waals surface area contributed by atoms with E-state index in [1.54, 1.807) is 6.92 Å². The van der Waals surface area contributed by atoms with Gasteiger partial charge in [-0.2, -0.15) is 13.2 Å². The quantitative estimate of drug-likeness (QED) is 0.230. The fraction of sp³-hybridized carbons (Fsp3) is 0.469. The van der Waals surface area contributed by atoms with Crippen molar-refractivity contribution in [3.05, 3.63) is 71.2 Å². The summed E-state index contributed by atoms with van der Waals surface area (Å²) >= 11 is 0. The predicted octanol–water partition coefficient (Wildman–Crippen LogP) is 6.15. The number of alkyl halides is 3. The van der Waals surface area contributed by atoms with Crippen molar-refractivity contribution in [1.82, 2.24) is 20.2 Å². The highest BCUT2D eigenvalue weighted by atomic mass is 19.4. The van der Waals surface area contributed by atoms with E-state index in [-0.39, 0.29) is 35.9 Å². The Morgan fingerprint density at radius 2 is 1.72 bits per heavy atom. The van der Waals surface area contributed by atoms with Crippen molar-refractivity contribution in [3.8, 4) is 17.0 Å². The van der Waals surface area contributed by atoms with Gasteiger partial charge in [-0.1, -0.05) is 38.1 Å². The largest absolute Gasteiger partial charge is 0.481 e. The molecule has 0 fully saturated rings. The molecule has 3 N–H and O–H groups in total. The van der Waals surface area contributed by atoms with Gasteiger partial charge in [-0.05, 0) is 69.9 Å². The molecular formula is C32H43F3N4O4. The number of hydrogen-bond acceptors (Lipinski definition) is 5. The average molecular weight is 605 g/mol. The van der Waals surface area contributed by atoms with Crippen LogP contribution >= 0.6 is 0 Å². The zero-order valence-electron chi connectivity index (χ0n) is 25.9. The first-order valence-electron chi connectivity index (χ1n) is 14.5. The van der Waals surface area contributed by atoms with E-state index in [0.29, 0.717) is 24.9 Å². The molecule has 8 nitrogen and oxygen atoms in total. The fourth-order valence-electron chi connectivity index (χ4n) is 4.46. The summed E-state index contributed by atoms with van der Waals surface area (Å²) in [6.07, 6.45) is -3.74. The molecule has 1 aromatic heterocycles. The molecule has 3 aromatic rings. The summed E-state index contributed by atoms with van der Waals surface area (Å²) in [6, 6.07) is 11.4. The zero-order chi connectivity index (χ0) is 32.3. The number of amides is 2. The molecule has 0 bridgehead atoms. The SMILES string of the molecule is CC.CCn1cc(-c2ccc(C[C@@H](CCO)NC(=O)c3ccc(OC(C)C(F)(F)F)c(C)c3)cc2)nc1[C@@H](C)NC(C)=O. The number of hydrogen-bond donors (Lipinski definition) is 3. The molecule has 0 radical (unpaired) electrons. The van der Waals surface area contributed by atoms with Crippen molar-refractivity contribution >= 4 is 11.8 Å². The number of nitrogens with one attached hydrogen (secondary N) is 2. The Labute approximate surface area is 251 Å². The number of benzene rings is 2. The van der Waals surface area contributed by atoms with E-state index in [2.05, 4.69) is 10.6 Å². The highest BCUT2D eigenvalue weighted by Crippen LogP contribution is 2.28. The molecule has 2 amide bonds. The Hall–Kier alpha value is -3.86. The maximum absolute atomic E-state index is 12.9. The normalized spacial score (nSPS) is 13.3. The van der Waals surface area contributed by atoms with Crippen molar-refractivity contribution in [1.29, 1.82) is 0 Å². The lowest BCUT2D eigenvalue weighted by molar-refractivity contribution is -0.189. The number of nitrogens with zero attached hydrogens (tertiary/aromatic N) is 2. The summed E-state index contributed by atoms with van der Waals surface area (Å²) in [5, 5.41) is 15.4. The van der Waals surface area contributed by atoms with Crippen molar-refractivity contribution < 1.29 is 32.6 Å². The van der Waals surface area contributed by atoms with Gasteiger partial charge in [0.25, 0.3) is 5.91 Å².